The van der Waals surface area contributed by atoms with Gasteiger partial charge >= 0.3 is 6.09 Å². The van der Waals surface area contributed by atoms with Crippen LogP contribution in [-0.4, -0.2) is 57.1 Å². The minimum absolute atomic E-state index is 0.340. The molecule has 5 rings (SSSR count). The molecule has 3 heterocycles. The van der Waals surface area contributed by atoms with Gasteiger partial charge in [-0.05, 0) is 61.3 Å². The average Bonchev–Trinajstić information content (AvgIpc) is 3.09. The van der Waals surface area contributed by atoms with Crippen LogP contribution in [0.3, 0.4) is 0 Å². The van der Waals surface area contributed by atoms with E-state index in [0.29, 0.717) is 24.5 Å². The summed E-state index contributed by atoms with van der Waals surface area (Å²) < 4.78 is 0. The summed E-state index contributed by atoms with van der Waals surface area (Å²) in [4.78, 5) is 23.9. The monoisotopic (exact) mass is 378 g/mol. The van der Waals surface area contributed by atoms with Gasteiger partial charge in [0.25, 0.3) is 0 Å². The number of amides is 1. The third-order valence-electron chi connectivity index (χ3n) is 6.90. The van der Waals surface area contributed by atoms with Crippen molar-refractivity contribution in [3.05, 3.63) is 47.4 Å². The number of aryl methyl sites for hydroxylation is 2. The van der Waals surface area contributed by atoms with E-state index in [1.54, 1.807) is 11.2 Å². The summed E-state index contributed by atoms with van der Waals surface area (Å²) in [5.74, 6) is 0. The van der Waals surface area contributed by atoms with Gasteiger partial charge in [0.2, 0.25) is 0 Å². The van der Waals surface area contributed by atoms with Crippen molar-refractivity contribution in [3.8, 4) is 11.3 Å². The number of carbonyl (C=O) groups is 1. The van der Waals surface area contributed by atoms with Crippen molar-refractivity contribution in [1.29, 1.82) is 0 Å². The van der Waals surface area contributed by atoms with Crippen LogP contribution < -0.4 is 0 Å². The van der Waals surface area contributed by atoms with Gasteiger partial charge < -0.3 is 10.0 Å². The number of rotatable bonds is 2. The minimum atomic E-state index is -0.773. The van der Waals surface area contributed by atoms with E-state index in [-0.39, 0.29) is 0 Å². The van der Waals surface area contributed by atoms with Crippen LogP contribution in [0.25, 0.3) is 11.3 Å². The van der Waals surface area contributed by atoms with E-state index in [9.17, 15) is 4.79 Å². The summed E-state index contributed by atoms with van der Waals surface area (Å²) in [7, 11) is 0. The van der Waals surface area contributed by atoms with Crippen molar-refractivity contribution < 1.29 is 9.90 Å². The Balaban J connectivity index is 1.28. The molecule has 1 aromatic carbocycles. The molecule has 6 nitrogen and oxygen atoms in total. The lowest BCUT2D eigenvalue weighted by molar-refractivity contribution is -0.0664. The topological polar surface area (TPSA) is 69.6 Å². The molecular weight excluding hydrogens is 352 g/mol. The molecule has 2 aliphatic heterocycles. The average molecular weight is 378 g/mol. The SMILES string of the molecule is Cc1cc(-c2ccc3c(c2)CC[C@H]3N2CC3(CCN(C(=O)O)CC3)C2)ncn1. The highest BCUT2D eigenvalue weighted by Gasteiger charge is 2.48. The highest BCUT2D eigenvalue weighted by molar-refractivity contribution is 5.65. The molecule has 0 saturated carbocycles. The summed E-state index contributed by atoms with van der Waals surface area (Å²) in [5, 5.41) is 9.16. The molecule has 2 aromatic rings. The zero-order chi connectivity index (χ0) is 19.3. The first kappa shape index (κ1) is 17.6. The van der Waals surface area contributed by atoms with Gasteiger partial charge in [0, 0.05) is 43.5 Å². The predicted octanol–water partition coefficient (Wildman–Crippen LogP) is 3.52. The molecule has 0 unspecified atom stereocenters. The molecule has 6 heteroatoms. The van der Waals surface area contributed by atoms with E-state index in [0.717, 1.165) is 43.7 Å². The highest BCUT2D eigenvalue weighted by Crippen LogP contribution is 2.48. The van der Waals surface area contributed by atoms with Gasteiger partial charge in [-0.1, -0.05) is 12.1 Å². The van der Waals surface area contributed by atoms with Gasteiger partial charge in [-0.25, -0.2) is 14.8 Å². The molecule has 3 aliphatic rings. The number of fused-ring (bicyclic) bond motifs is 1. The van der Waals surface area contributed by atoms with Crippen LogP contribution in [0, 0.1) is 12.3 Å². The molecular formula is C22H26N4O2. The summed E-state index contributed by atoms with van der Waals surface area (Å²) in [6.45, 7) is 5.59. The third kappa shape index (κ3) is 2.96. The zero-order valence-corrected chi connectivity index (χ0v) is 16.3. The Hall–Kier alpha value is -2.47. The van der Waals surface area contributed by atoms with Crippen molar-refractivity contribution in [1.82, 2.24) is 19.8 Å². The molecule has 28 heavy (non-hydrogen) atoms. The van der Waals surface area contributed by atoms with Crippen LogP contribution in [0.15, 0.2) is 30.6 Å². The molecule has 1 N–H and O–H groups in total. The van der Waals surface area contributed by atoms with Crippen LogP contribution in [0.2, 0.25) is 0 Å². The Kier molecular flexibility index (Phi) is 4.12. The molecule has 1 atom stereocenters. The van der Waals surface area contributed by atoms with Gasteiger partial charge in [0.15, 0.2) is 0 Å². The summed E-state index contributed by atoms with van der Waals surface area (Å²) in [6.07, 6.45) is 5.16. The first-order valence-electron chi connectivity index (χ1n) is 10.2. The summed E-state index contributed by atoms with van der Waals surface area (Å²) in [6, 6.07) is 9.34. The number of carboxylic acid groups (broad SMARTS) is 1. The lowest BCUT2D eigenvalue weighted by Crippen LogP contribution is -2.61. The maximum absolute atomic E-state index is 11.1. The Bertz CT molecular complexity index is 913. The molecule has 1 amide bonds. The maximum atomic E-state index is 11.1. The van der Waals surface area contributed by atoms with Crippen LogP contribution in [0.5, 0.6) is 0 Å². The maximum Gasteiger partial charge on any atom is 0.407 e. The number of hydrogen-bond acceptors (Lipinski definition) is 4. The van der Waals surface area contributed by atoms with Crippen LogP contribution in [0.4, 0.5) is 4.79 Å². The number of aromatic nitrogens is 2. The third-order valence-corrected chi connectivity index (χ3v) is 6.90. The Morgan fingerprint density at radius 1 is 1.18 bits per heavy atom. The van der Waals surface area contributed by atoms with Gasteiger partial charge in [-0.15, -0.1) is 0 Å². The van der Waals surface area contributed by atoms with Crippen molar-refractivity contribution in [2.75, 3.05) is 26.2 Å². The number of hydrogen-bond donors (Lipinski definition) is 1. The number of likely N-dealkylation sites (tertiary alicyclic amines) is 2. The lowest BCUT2D eigenvalue weighted by atomic mass is 9.71. The molecule has 1 aromatic heterocycles. The molecule has 2 fully saturated rings. The molecule has 2 saturated heterocycles. The first-order chi connectivity index (χ1) is 13.5. The number of benzene rings is 1. The van der Waals surface area contributed by atoms with Crippen LogP contribution >= 0.6 is 0 Å². The van der Waals surface area contributed by atoms with Crippen molar-refractivity contribution in [2.45, 2.75) is 38.6 Å². The Morgan fingerprint density at radius 3 is 2.68 bits per heavy atom. The first-order valence-corrected chi connectivity index (χ1v) is 10.2. The summed E-state index contributed by atoms with van der Waals surface area (Å²) >= 11 is 0. The molecule has 0 radical (unpaired) electrons. The fraction of sp³-hybridized carbons (Fsp3) is 0.500. The highest BCUT2D eigenvalue weighted by atomic mass is 16.4. The van der Waals surface area contributed by atoms with Crippen molar-refractivity contribution >= 4 is 6.09 Å². The second-order valence-electron chi connectivity index (χ2n) is 8.69. The Labute approximate surface area is 165 Å². The van der Waals surface area contributed by atoms with Crippen molar-refractivity contribution in [3.63, 3.8) is 0 Å². The van der Waals surface area contributed by atoms with Gasteiger partial charge in [-0.2, -0.15) is 0 Å². The second kappa shape index (κ2) is 6.55. The van der Waals surface area contributed by atoms with Crippen LogP contribution in [0.1, 0.15) is 42.1 Å². The fourth-order valence-electron chi connectivity index (χ4n) is 5.27. The van der Waals surface area contributed by atoms with Crippen molar-refractivity contribution in [2.24, 2.45) is 5.41 Å². The van der Waals surface area contributed by atoms with Crippen LogP contribution in [-0.2, 0) is 6.42 Å². The van der Waals surface area contributed by atoms with E-state index in [1.807, 2.05) is 13.0 Å². The molecule has 0 bridgehead atoms. The van der Waals surface area contributed by atoms with E-state index >= 15 is 0 Å². The second-order valence-corrected chi connectivity index (χ2v) is 8.69. The summed E-state index contributed by atoms with van der Waals surface area (Å²) in [5.41, 5.74) is 6.40. The fourth-order valence-corrected chi connectivity index (χ4v) is 5.27. The predicted molar refractivity (Wildman–Crippen MR) is 106 cm³/mol. The molecule has 1 spiro atoms. The normalized spacial score (nSPS) is 23.5. The minimum Gasteiger partial charge on any atom is -0.465 e. The van der Waals surface area contributed by atoms with E-state index in [1.165, 1.54) is 23.1 Å². The Morgan fingerprint density at radius 2 is 1.96 bits per heavy atom. The van der Waals surface area contributed by atoms with Gasteiger partial charge in [0.1, 0.15) is 6.33 Å². The largest absolute Gasteiger partial charge is 0.465 e. The van der Waals surface area contributed by atoms with E-state index in [2.05, 4.69) is 33.1 Å². The smallest absolute Gasteiger partial charge is 0.407 e. The number of piperidine rings is 1. The van der Waals surface area contributed by atoms with Gasteiger partial charge in [0.05, 0.1) is 5.69 Å². The quantitative estimate of drug-likeness (QED) is 0.866. The molecule has 1 aliphatic carbocycles. The van der Waals surface area contributed by atoms with Gasteiger partial charge in [-0.3, -0.25) is 4.90 Å². The standard InChI is InChI=1S/C22H26N4O2/c1-15-10-19(24-14-23-15)17-2-4-18-16(11-17)3-5-20(18)26-12-22(13-26)6-8-25(9-7-22)21(27)28/h2,4,10-11,14,20H,3,5-9,12-13H2,1H3,(H,27,28)/t20-/m1/s1. The zero-order valence-electron chi connectivity index (χ0n) is 16.3. The van der Waals surface area contributed by atoms with E-state index in [4.69, 9.17) is 5.11 Å². The van der Waals surface area contributed by atoms with E-state index < -0.39 is 6.09 Å². The lowest BCUT2D eigenvalue weighted by Gasteiger charge is -2.56. The molecule has 146 valence electrons. The number of nitrogens with zero attached hydrogens (tertiary/aromatic N) is 4.